The van der Waals surface area contributed by atoms with Crippen molar-refractivity contribution in [2.24, 2.45) is 0 Å². The molecule has 1 aliphatic heterocycles. The molecule has 4 rings (SSSR count). The molecule has 0 radical (unpaired) electrons. The highest BCUT2D eigenvalue weighted by Crippen LogP contribution is 2.35. The van der Waals surface area contributed by atoms with E-state index in [4.69, 9.17) is 9.97 Å². The van der Waals surface area contributed by atoms with Gasteiger partial charge < -0.3 is 10.2 Å². The Hall–Kier alpha value is -2.66. The summed E-state index contributed by atoms with van der Waals surface area (Å²) in [5, 5.41) is 3.40. The smallest absolute Gasteiger partial charge is 0.228 e. The van der Waals surface area contributed by atoms with Crippen LogP contribution in [0, 0.1) is 26.6 Å². The topological polar surface area (TPSA) is 41.1 Å². The van der Waals surface area contributed by atoms with Gasteiger partial charge in [0.15, 0.2) is 0 Å². The lowest BCUT2D eigenvalue weighted by Crippen LogP contribution is -2.36. The number of halogens is 2. The summed E-state index contributed by atoms with van der Waals surface area (Å²) >= 11 is 0. The average Bonchev–Trinajstić information content (AvgIpc) is 2.72. The number of nitrogens with one attached hydrogen (secondary N) is 1. The van der Waals surface area contributed by atoms with Crippen LogP contribution in [0.4, 0.5) is 21.8 Å². The highest BCUT2D eigenvalue weighted by atomic mass is 35.5. The molecular formula is C24H28ClFN4. The number of rotatable bonds is 4. The van der Waals surface area contributed by atoms with Gasteiger partial charge in [-0.1, -0.05) is 31.2 Å². The summed E-state index contributed by atoms with van der Waals surface area (Å²) in [6, 6.07) is 13.7. The van der Waals surface area contributed by atoms with Crippen molar-refractivity contribution in [3.63, 3.8) is 0 Å². The van der Waals surface area contributed by atoms with E-state index in [0.717, 1.165) is 53.7 Å². The lowest BCUT2D eigenvalue weighted by atomic mass is 9.91. The number of hydrogen-bond acceptors (Lipinski definition) is 4. The maximum atomic E-state index is 13.5. The third-order valence-electron chi connectivity index (χ3n) is 5.87. The molecule has 2 heterocycles. The van der Waals surface area contributed by atoms with Crippen LogP contribution in [0.3, 0.4) is 0 Å². The van der Waals surface area contributed by atoms with E-state index in [-0.39, 0.29) is 24.3 Å². The van der Waals surface area contributed by atoms with E-state index < -0.39 is 0 Å². The van der Waals surface area contributed by atoms with Gasteiger partial charge in [0, 0.05) is 23.5 Å². The van der Waals surface area contributed by atoms with Crippen LogP contribution >= 0.6 is 12.4 Å². The van der Waals surface area contributed by atoms with Gasteiger partial charge >= 0.3 is 0 Å². The second-order valence-corrected chi connectivity index (χ2v) is 7.73. The van der Waals surface area contributed by atoms with Crippen molar-refractivity contribution in [1.82, 2.24) is 9.97 Å². The zero-order valence-corrected chi connectivity index (χ0v) is 18.7. The lowest BCUT2D eigenvalue weighted by Gasteiger charge is -2.37. The fourth-order valence-electron chi connectivity index (χ4n) is 4.09. The Kier molecular flexibility index (Phi) is 6.61. The molecule has 0 bridgehead atoms. The monoisotopic (exact) mass is 426 g/mol. The molecule has 0 fully saturated rings. The first-order valence-corrected chi connectivity index (χ1v) is 10.2. The van der Waals surface area contributed by atoms with Crippen molar-refractivity contribution in [1.29, 1.82) is 0 Å². The Labute approximate surface area is 184 Å². The van der Waals surface area contributed by atoms with Crippen LogP contribution < -0.4 is 10.2 Å². The second kappa shape index (κ2) is 9.00. The first-order valence-electron chi connectivity index (χ1n) is 10.2. The molecule has 3 aromatic rings. The highest BCUT2D eigenvalue weighted by molar-refractivity contribution is 5.85. The van der Waals surface area contributed by atoms with Crippen LogP contribution in [-0.4, -0.2) is 16.5 Å². The third-order valence-corrected chi connectivity index (χ3v) is 5.87. The molecule has 0 saturated carbocycles. The van der Waals surface area contributed by atoms with Gasteiger partial charge in [0.2, 0.25) is 5.95 Å². The Balaban J connectivity index is 0.00000256. The molecule has 1 N–H and O–H groups in total. The fourth-order valence-corrected chi connectivity index (χ4v) is 4.09. The van der Waals surface area contributed by atoms with Gasteiger partial charge in [-0.3, -0.25) is 0 Å². The maximum Gasteiger partial charge on any atom is 0.228 e. The van der Waals surface area contributed by atoms with Crippen molar-refractivity contribution in [3.8, 4) is 0 Å². The van der Waals surface area contributed by atoms with Crippen molar-refractivity contribution in [3.05, 3.63) is 76.2 Å². The van der Waals surface area contributed by atoms with E-state index >= 15 is 0 Å². The van der Waals surface area contributed by atoms with Crippen LogP contribution in [-0.2, 0) is 6.42 Å². The van der Waals surface area contributed by atoms with Gasteiger partial charge in [-0.25, -0.2) is 9.37 Å². The minimum atomic E-state index is -0.234. The quantitative estimate of drug-likeness (QED) is 0.537. The van der Waals surface area contributed by atoms with E-state index in [1.165, 1.54) is 23.3 Å². The van der Waals surface area contributed by atoms with E-state index in [1.807, 2.05) is 20.8 Å². The lowest BCUT2D eigenvalue weighted by molar-refractivity contribution is 0.554. The number of aryl methyl sites for hydroxylation is 2. The maximum absolute atomic E-state index is 13.5. The average molecular weight is 427 g/mol. The highest BCUT2D eigenvalue weighted by Gasteiger charge is 2.28. The summed E-state index contributed by atoms with van der Waals surface area (Å²) in [7, 11) is 0. The molecule has 0 unspecified atom stereocenters. The Morgan fingerprint density at radius 1 is 1.10 bits per heavy atom. The summed E-state index contributed by atoms with van der Waals surface area (Å²) < 4.78 is 13.5. The molecule has 0 saturated heterocycles. The summed E-state index contributed by atoms with van der Waals surface area (Å²) in [6.07, 6.45) is 1.98. The molecule has 1 aromatic heterocycles. The van der Waals surface area contributed by atoms with Crippen molar-refractivity contribution < 1.29 is 4.39 Å². The minimum Gasteiger partial charge on any atom is -0.340 e. The van der Waals surface area contributed by atoms with Crippen LogP contribution in [0.2, 0.25) is 0 Å². The molecule has 158 valence electrons. The Bertz CT molecular complexity index is 1050. The van der Waals surface area contributed by atoms with Gasteiger partial charge in [-0.2, -0.15) is 4.98 Å². The van der Waals surface area contributed by atoms with E-state index in [9.17, 15) is 4.39 Å². The SMILES string of the molecule is CC[C@@H]1c2ccccc2CCN1c1nc(C)c(C)c(Nc2ccc(F)cc2C)n1.Cl. The first-order chi connectivity index (χ1) is 14.0. The summed E-state index contributed by atoms with van der Waals surface area (Å²) in [5.41, 5.74) is 6.44. The molecule has 1 atom stereocenters. The largest absolute Gasteiger partial charge is 0.340 e. The standard InChI is InChI=1S/C24H27FN4.ClH/c1-5-22-20-9-7-6-8-18(20)12-13-29(22)24-26-17(4)16(3)23(28-24)27-21-11-10-19(25)14-15(21)2;/h6-11,14,22H,5,12-13H2,1-4H3,(H,26,27,28);1H/t22-;/m1./s1. The number of fused-ring (bicyclic) bond motifs is 1. The number of benzene rings is 2. The molecule has 0 spiro atoms. The number of anilines is 3. The molecule has 0 aliphatic carbocycles. The summed E-state index contributed by atoms with van der Waals surface area (Å²) in [6.45, 7) is 9.03. The summed E-state index contributed by atoms with van der Waals surface area (Å²) in [4.78, 5) is 12.0. The molecule has 0 amide bonds. The van der Waals surface area contributed by atoms with Crippen molar-refractivity contribution in [2.75, 3.05) is 16.8 Å². The molecular weight excluding hydrogens is 399 g/mol. The Morgan fingerprint density at radius 2 is 1.87 bits per heavy atom. The van der Waals surface area contributed by atoms with Gasteiger partial charge in [0.1, 0.15) is 11.6 Å². The van der Waals surface area contributed by atoms with E-state index in [0.29, 0.717) is 0 Å². The van der Waals surface area contributed by atoms with E-state index in [1.54, 1.807) is 6.07 Å². The van der Waals surface area contributed by atoms with Gasteiger partial charge in [0.25, 0.3) is 0 Å². The first kappa shape index (κ1) is 22.0. The van der Waals surface area contributed by atoms with Crippen LogP contribution in [0.5, 0.6) is 0 Å². The van der Waals surface area contributed by atoms with Gasteiger partial charge in [0.05, 0.1) is 6.04 Å². The van der Waals surface area contributed by atoms with Crippen molar-refractivity contribution in [2.45, 2.75) is 46.6 Å². The van der Waals surface area contributed by atoms with Gasteiger partial charge in [-0.15, -0.1) is 12.4 Å². The zero-order valence-electron chi connectivity index (χ0n) is 17.9. The predicted molar refractivity (Wildman–Crippen MR) is 124 cm³/mol. The minimum absolute atomic E-state index is 0. The number of hydrogen-bond donors (Lipinski definition) is 1. The molecule has 2 aromatic carbocycles. The van der Waals surface area contributed by atoms with Crippen LogP contribution in [0.25, 0.3) is 0 Å². The number of aromatic nitrogens is 2. The molecule has 4 nitrogen and oxygen atoms in total. The molecule has 30 heavy (non-hydrogen) atoms. The van der Waals surface area contributed by atoms with Crippen LogP contribution in [0.15, 0.2) is 42.5 Å². The number of nitrogens with zero attached hydrogens (tertiary/aromatic N) is 3. The van der Waals surface area contributed by atoms with E-state index in [2.05, 4.69) is 41.4 Å². The second-order valence-electron chi connectivity index (χ2n) is 7.73. The van der Waals surface area contributed by atoms with Gasteiger partial charge in [-0.05, 0) is 68.5 Å². The Morgan fingerprint density at radius 3 is 2.60 bits per heavy atom. The molecule has 1 aliphatic rings. The predicted octanol–water partition coefficient (Wildman–Crippen LogP) is 6.22. The molecule has 6 heteroatoms. The zero-order chi connectivity index (χ0) is 20.5. The van der Waals surface area contributed by atoms with Crippen LogP contribution in [0.1, 0.15) is 47.3 Å². The fraction of sp³-hybridized carbons (Fsp3) is 0.333. The summed E-state index contributed by atoms with van der Waals surface area (Å²) in [5.74, 6) is 1.29. The normalized spacial score (nSPS) is 15.4. The van der Waals surface area contributed by atoms with Crippen molar-refractivity contribution >= 4 is 29.9 Å². The third kappa shape index (κ3) is 4.12.